The van der Waals surface area contributed by atoms with E-state index in [1.807, 2.05) is 37.5 Å². The Labute approximate surface area is 163 Å². The zero-order chi connectivity index (χ0) is 19.3. The van der Waals surface area contributed by atoms with Gasteiger partial charge in [-0.1, -0.05) is 6.07 Å². The smallest absolute Gasteiger partial charge is 0.242 e. The summed E-state index contributed by atoms with van der Waals surface area (Å²) in [7, 11) is 0. The summed E-state index contributed by atoms with van der Waals surface area (Å²) in [6.07, 6.45) is 11.3. The summed E-state index contributed by atoms with van der Waals surface area (Å²) in [6, 6.07) is 5.65. The van der Waals surface area contributed by atoms with Gasteiger partial charge < -0.3 is 10.2 Å². The Morgan fingerprint density at radius 2 is 2.21 bits per heavy atom. The summed E-state index contributed by atoms with van der Waals surface area (Å²) in [5, 5.41) is 3.06. The van der Waals surface area contributed by atoms with E-state index in [-0.39, 0.29) is 11.9 Å². The molecule has 1 unspecified atom stereocenters. The molecular formula is C20H23N7O. The fourth-order valence-electron chi connectivity index (χ4n) is 3.48. The van der Waals surface area contributed by atoms with Crippen LogP contribution in [-0.2, 0) is 11.2 Å². The topological polar surface area (TPSA) is 88.8 Å². The minimum atomic E-state index is -0.209. The van der Waals surface area contributed by atoms with Crippen molar-refractivity contribution in [1.82, 2.24) is 29.8 Å². The molecule has 3 aromatic rings. The van der Waals surface area contributed by atoms with Crippen LogP contribution in [0.25, 0.3) is 5.95 Å². The van der Waals surface area contributed by atoms with Crippen molar-refractivity contribution in [3.8, 4) is 5.95 Å². The van der Waals surface area contributed by atoms with E-state index in [2.05, 4.69) is 30.2 Å². The molecule has 1 aliphatic rings. The molecule has 1 N–H and O–H groups in total. The highest BCUT2D eigenvalue weighted by Crippen LogP contribution is 2.25. The van der Waals surface area contributed by atoms with Gasteiger partial charge in [-0.3, -0.25) is 14.3 Å². The number of carbonyl (C=O) groups is 1. The van der Waals surface area contributed by atoms with Crippen LogP contribution in [0.3, 0.4) is 0 Å². The summed E-state index contributed by atoms with van der Waals surface area (Å²) in [5.41, 5.74) is 1.97. The third-order valence-corrected chi connectivity index (χ3v) is 4.85. The lowest BCUT2D eigenvalue weighted by atomic mass is 10.2. The van der Waals surface area contributed by atoms with Crippen LogP contribution in [0.4, 0.5) is 5.82 Å². The van der Waals surface area contributed by atoms with Crippen LogP contribution in [-0.4, -0.2) is 49.5 Å². The maximum Gasteiger partial charge on any atom is 0.242 e. The van der Waals surface area contributed by atoms with E-state index in [1.54, 1.807) is 23.3 Å². The monoisotopic (exact) mass is 377 g/mol. The quantitative estimate of drug-likeness (QED) is 0.703. The van der Waals surface area contributed by atoms with Crippen molar-refractivity contribution >= 4 is 11.7 Å². The highest BCUT2D eigenvalue weighted by Gasteiger charge is 2.32. The Kier molecular flexibility index (Phi) is 5.27. The molecule has 1 aliphatic heterocycles. The molecule has 4 heterocycles. The molecule has 1 saturated heterocycles. The van der Waals surface area contributed by atoms with E-state index in [0.717, 1.165) is 42.9 Å². The number of pyridine rings is 1. The SMILES string of the molecule is Cc1cc(N2CCCC2C(=O)NCCc2cccnc2)nc(-n2ccnc2)n1. The molecule has 144 valence electrons. The molecule has 4 rings (SSSR count). The van der Waals surface area contributed by atoms with E-state index in [9.17, 15) is 4.79 Å². The molecule has 0 saturated carbocycles. The van der Waals surface area contributed by atoms with Crippen molar-refractivity contribution in [2.24, 2.45) is 0 Å². The molecule has 8 nitrogen and oxygen atoms in total. The zero-order valence-electron chi connectivity index (χ0n) is 15.8. The van der Waals surface area contributed by atoms with Crippen molar-refractivity contribution in [3.63, 3.8) is 0 Å². The molecule has 0 bridgehead atoms. The second-order valence-corrected chi connectivity index (χ2v) is 6.89. The number of anilines is 1. The van der Waals surface area contributed by atoms with Gasteiger partial charge in [-0.2, -0.15) is 4.98 Å². The molecule has 1 fully saturated rings. The van der Waals surface area contributed by atoms with E-state index < -0.39 is 0 Å². The van der Waals surface area contributed by atoms with Crippen LogP contribution in [0.15, 0.2) is 49.3 Å². The van der Waals surface area contributed by atoms with Crippen molar-refractivity contribution in [1.29, 1.82) is 0 Å². The predicted octanol–water partition coefficient (Wildman–Crippen LogP) is 1.69. The normalized spacial score (nSPS) is 16.3. The van der Waals surface area contributed by atoms with Gasteiger partial charge in [0.1, 0.15) is 18.2 Å². The van der Waals surface area contributed by atoms with Gasteiger partial charge in [0.05, 0.1) is 0 Å². The number of aryl methyl sites for hydroxylation is 1. The minimum absolute atomic E-state index is 0.0434. The molecule has 1 atom stereocenters. The second-order valence-electron chi connectivity index (χ2n) is 6.89. The van der Waals surface area contributed by atoms with E-state index >= 15 is 0 Å². The summed E-state index contributed by atoms with van der Waals surface area (Å²) in [4.78, 5) is 32.2. The van der Waals surface area contributed by atoms with E-state index in [1.165, 1.54) is 0 Å². The second kappa shape index (κ2) is 8.16. The number of aromatic nitrogens is 5. The molecule has 0 radical (unpaired) electrons. The number of hydrogen-bond acceptors (Lipinski definition) is 6. The van der Waals surface area contributed by atoms with Gasteiger partial charge in [0.25, 0.3) is 0 Å². The van der Waals surface area contributed by atoms with Crippen molar-refractivity contribution in [3.05, 3.63) is 60.6 Å². The standard InChI is InChI=1S/C20H23N7O/c1-15-12-18(25-20(24-15)26-11-9-22-14-26)27-10-3-5-17(27)19(28)23-8-6-16-4-2-7-21-13-16/h2,4,7,9,11-14,17H,3,5-6,8,10H2,1H3,(H,23,28). The van der Waals surface area contributed by atoms with Gasteiger partial charge in [0.15, 0.2) is 0 Å². The summed E-state index contributed by atoms with van der Waals surface area (Å²) < 4.78 is 1.77. The van der Waals surface area contributed by atoms with Gasteiger partial charge >= 0.3 is 0 Å². The molecule has 0 aromatic carbocycles. The summed E-state index contributed by atoms with van der Waals surface area (Å²) in [5.74, 6) is 1.39. The van der Waals surface area contributed by atoms with Crippen LogP contribution in [0.1, 0.15) is 24.1 Å². The number of imidazole rings is 1. The molecule has 28 heavy (non-hydrogen) atoms. The molecule has 0 spiro atoms. The predicted molar refractivity (Wildman–Crippen MR) is 105 cm³/mol. The first-order valence-corrected chi connectivity index (χ1v) is 9.48. The number of carbonyl (C=O) groups excluding carboxylic acids is 1. The molecule has 8 heteroatoms. The zero-order valence-corrected chi connectivity index (χ0v) is 15.8. The first-order valence-electron chi connectivity index (χ1n) is 9.48. The molecular weight excluding hydrogens is 354 g/mol. The molecule has 1 amide bonds. The highest BCUT2D eigenvalue weighted by molar-refractivity contribution is 5.85. The highest BCUT2D eigenvalue weighted by atomic mass is 16.2. The fourth-order valence-corrected chi connectivity index (χ4v) is 3.48. The van der Waals surface area contributed by atoms with Crippen molar-refractivity contribution < 1.29 is 4.79 Å². The molecule has 3 aromatic heterocycles. The average Bonchev–Trinajstić information content (AvgIpc) is 3.40. The first kappa shape index (κ1) is 18.1. The number of hydrogen-bond donors (Lipinski definition) is 1. The number of nitrogens with zero attached hydrogens (tertiary/aromatic N) is 6. The van der Waals surface area contributed by atoms with Crippen LogP contribution in [0.2, 0.25) is 0 Å². The van der Waals surface area contributed by atoms with Crippen LogP contribution in [0.5, 0.6) is 0 Å². The number of rotatable bonds is 6. The Bertz CT molecular complexity index is 927. The lowest BCUT2D eigenvalue weighted by molar-refractivity contribution is -0.122. The number of amides is 1. The van der Waals surface area contributed by atoms with Crippen molar-refractivity contribution in [2.45, 2.75) is 32.2 Å². The first-order chi connectivity index (χ1) is 13.7. The third-order valence-electron chi connectivity index (χ3n) is 4.85. The van der Waals surface area contributed by atoms with Gasteiger partial charge in [-0.15, -0.1) is 0 Å². The lowest BCUT2D eigenvalue weighted by Gasteiger charge is -2.25. The lowest BCUT2D eigenvalue weighted by Crippen LogP contribution is -2.44. The number of nitrogens with one attached hydrogen (secondary N) is 1. The van der Waals surface area contributed by atoms with Gasteiger partial charge in [-0.25, -0.2) is 9.97 Å². The Morgan fingerprint density at radius 1 is 1.29 bits per heavy atom. The van der Waals surface area contributed by atoms with E-state index in [0.29, 0.717) is 12.5 Å². The summed E-state index contributed by atoms with van der Waals surface area (Å²) in [6.45, 7) is 3.34. The van der Waals surface area contributed by atoms with Gasteiger partial charge in [0.2, 0.25) is 11.9 Å². The Morgan fingerprint density at radius 3 is 3.00 bits per heavy atom. The van der Waals surface area contributed by atoms with Crippen LogP contribution in [0, 0.1) is 6.92 Å². The largest absolute Gasteiger partial charge is 0.354 e. The maximum absolute atomic E-state index is 12.8. The van der Waals surface area contributed by atoms with Gasteiger partial charge in [0, 0.05) is 49.6 Å². The minimum Gasteiger partial charge on any atom is -0.354 e. The van der Waals surface area contributed by atoms with E-state index in [4.69, 9.17) is 0 Å². The van der Waals surface area contributed by atoms with Crippen molar-refractivity contribution in [2.75, 3.05) is 18.0 Å². The Balaban J connectivity index is 1.45. The summed E-state index contributed by atoms with van der Waals surface area (Å²) >= 11 is 0. The van der Waals surface area contributed by atoms with Crippen LogP contribution >= 0.6 is 0 Å². The fraction of sp³-hybridized carbons (Fsp3) is 0.350. The molecule has 0 aliphatic carbocycles. The third kappa shape index (κ3) is 4.00. The Hall–Kier alpha value is -3.29. The van der Waals surface area contributed by atoms with Gasteiger partial charge in [-0.05, 0) is 37.8 Å². The maximum atomic E-state index is 12.8. The van der Waals surface area contributed by atoms with Crippen LogP contribution < -0.4 is 10.2 Å². The average molecular weight is 377 g/mol.